The molecule has 1 saturated carbocycles. The van der Waals surface area contributed by atoms with Gasteiger partial charge in [-0.1, -0.05) is 70.4 Å². The lowest BCUT2D eigenvalue weighted by molar-refractivity contribution is -0.115. The van der Waals surface area contributed by atoms with Gasteiger partial charge in [0, 0.05) is 11.8 Å². The lowest BCUT2D eigenvalue weighted by atomic mass is 9.53. The summed E-state index contributed by atoms with van der Waals surface area (Å²) in [6.45, 7) is 14.6. The highest BCUT2D eigenvalue weighted by Crippen LogP contribution is 2.65. The number of carbonyl (C=O) groups is 1. The summed E-state index contributed by atoms with van der Waals surface area (Å²) in [5.41, 5.74) is 5.68. The van der Waals surface area contributed by atoms with E-state index in [9.17, 15) is 4.79 Å². The van der Waals surface area contributed by atoms with Crippen molar-refractivity contribution in [2.45, 2.75) is 92.9 Å². The molecule has 1 nitrogen and oxygen atoms in total. The van der Waals surface area contributed by atoms with Gasteiger partial charge in [0.2, 0.25) is 0 Å². The standard InChI is InChI=1S/C28H42O/c1-18(2)19(3)7-8-20(4)24-11-12-25-23-10-9-21-17-22(29)13-15-27(21,5)26(23)14-16-28(24,25)6/h7-8,17-20,24-25H,9-16H2,1-6H3/b8-7+/t19-,20+,24+,25?,27-,28+/m0/s1. The van der Waals surface area contributed by atoms with Gasteiger partial charge in [-0.15, -0.1) is 0 Å². The second kappa shape index (κ2) is 7.54. The van der Waals surface area contributed by atoms with Crippen LogP contribution in [0.5, 0.6) is 0 Å². The molecule has 0 saturated heterocycles. The Bertz CT molecular complexity index is 765. The van der Waals surface area contributed by atoms with Crippen molar-refractivity contribution in [1.29, 1.82) is 0 Å². The van der Waals surface area contributed by atoms with Gasteiger partial charge >= 0.3 is 0 Å². The van der Waals surface area contributed by atoms with E-state index < -0.39 is 0 Å². The fourth-order valence-electron chi connectivity index (χ4n) is 7.41. The van der Waals surface area contributed by atoms with Crippen LogP contribution in [-0.2, 0) is 4.79 Å². The Morgan fingerprint density at radius 2 is 1.72 bits per heavy atom. The van der Waals surface area contributed by atoms with E-state index in [0.717, 1.165) is 37.0 Å². The Labute approximate surface area is 179 Å². The normalized spacial score (nSPS) is 39.3. The van der Waals surface area contributed by atoms with Crippen LogP contribution in [0, 0.1) is 40.4 Å². The maximum absolute atomic E-state index is 12.0. The molecule has 0 bridgehead atoms. The van der Waals surface area contributed by atoms with Gasteiger partial charge < -0.3 is 0 Å². The lowest BCUT2D eigenvalue weighted by Gasteiger charge is -2.52. The van der Waals surface area contributed by atoms with Crippen molar-refractivity contribution in [3.63, 3.8) is 0 Å². The van der Waals surface area contributed by atoms with E-state index in [2.05, 4.69) is 53.7 Å². The first-order valence-corrected chi connectivity index (χ1v) is 12.3. The molecule has 0 aliphatic heterocycles. The summed E-state index contributed by atoms with van der Waals surface area (Å²) in [6, 6.07) is 0. The van der Waals surface area contributed by atoms with E-state index in [-0.39, 0.29) is 5.41 Å². The Kier molecular flexibility index (Phi) is 5.50. The highest BCUT2D eigenvalue weighted by atomic mass is 16.1. The molecule has 0 aromatic carbocycles. The SMILES string of the molecule is CC(C)[C@@H](C)/C=C/[C@@H](C)[C@H]1CCC2C3=C(CC[C@@]21C)[C@@]1(C)CCC(=O)C=C1CC3. The summed E-state index contributed by atoms with van der Waals surface area (Å²) in [5, 5.41) is 0. The van der Waals surface area contributed by atoms with Crippen LogP contribution in [0.3, 0.4) is 0 Å². The molecule has 4 aliphatic rings. The molecule has 4 aliphatic carbocycles. The average Bonchev–Trinajstić information content (AvgIpc) is 3.03. The van der Waals surface area contributed by atoms with Gasteiger partial charge in [0.15, 0.2) is 5.78 Å². The molecule has 6 atom stereocenters. The van der Waals surface area contributed by atoms with E-state index in [1.807, 2.05) is 11.6 Å². The number of carbonyl (C=O) groups excluding carboxylic acids is 1. The molecule has 0 N–H and O–H groups in total. The number of fused-ring (bicyclic) bond motifs is 4. The van der Waals surface area contributed by atoms with Crippen molar-refractivity contribution in [3.05, 3.63) is 34.9 Å². The summed E-state index contributed by atoms with van der Waals surface area (Å²) < 4.78 is 0. The molecule has 0 amide bonds. The topological polar surface area (TPSA) is 17.1 Å². The lowest BCUT2D eigenvalue weighted by Crippen LogP contribution is -2.41. The monoisotopic (exact) mass is 394 g/mol. The smallest absolute Gasteiger partial charge is 0.155 e. The first-order valence-electron chi connectivity index (χ1n) is 12.3. The van der Waals surface area contributed by atoms with Crippen LogP contribution in [0.15, 0.2) is 34.9 Å². The molecule has 0 heterocycles. The summed E-state index contributed by atoms with van der Waals surface area (Å²) in [6.07, 6.45) is 16.6. The molecule has 0 spiro atoms. The zero-order valence-electron chi connectivity index (χ0n) is 19.7. The van der Waals surface area contributed by atoms with Crippen LogP contribution in [0.25, 0.3) is 0 Å². The third kappa shape index (κ3) is 3.41. The number of hydrogen-bond donors (Lipinski definition) is 0. The summed E-state index contributed by atoms with van der Waals surface area (Å²) in [4.78, 5) is 12.0. The van der Waals surface area contributed by atoms with Crippen LogP contribution in [0.4, 0.5) is 0 Å². The number of rotatable bonds is 4. The van der Waals surface area contributed by atoms with Gasteiger partial charge in [0.25, 0.3) is 0 Å². The van der Waals surface area contributed by atoms with Crippen LogP contribution in [0.1, 0.15) is 92.9 Å². The van der Waals surface area contributed by atoms with Gasteiger partial charge in [-0.05, 0) is 86.0 Å². The third-order valence-corrected chi connectivity index (χ3v) is 9.78. The van der Waals surface area contributed by atoms with Gasteiger partial charge in [-0.2, -0.15) is 0 Å². The van der Waals surface area contributed by atoms with Crippen LogP contribution in [0.2, 0.25) is 0 Å². The van der Waals surface area contributed by atoms with E-state index in [4.69, 9.17) is 0 Å². The minimum atomic E-state index is 0.194. The molecule has 1 unspecified atom stereocenters. The Morgan fingerprint density at radius 1 is 0.966 bits per heavy atom. The fourth-order valence-corrected chi connectivity index (χ4v) is 7.41. The molecule has 29 heavy (non-hydrogen) atoms. The first-order chi connectivity index (χ1) is 13.7. The molecule has 0 aromatic rings. The van der Waals surface area contributed by atoms with Crippen molar-refractivity contribution in [1.82, 2.24) is 0 Å². The maximum atomic E-state index is 12.0. The highest BCUT2D eigenvalue weighted by Gasteiger charge is 2.54. The molecule has 0 radical (unpaired) electrons. The van der Waals surface area contributed by atoms with Gasteiger partial charge in [0.1, 0.15) is 0 Å². The first kappa shape index (κ1) is 21.1. The maximum Gasteiger partial charge on any atom is 0.155 e. The molecule has 1 heteroatoms. The van der Waals surface area contributed by atoms with E-state index in [1.54, 1.807) is 5.57 Å². The zero-order chi connectivity index (χ0) is 21.0. The minimum Gasteiger partial charge on any atom is -0.295 e. The largest absolute Gasteiger partial charge is 0.295 e. The Morgan fingerprint density at radius 3 is 2.45 bits per heavy atom. The molecule has 1 fully saturated rings. The fraction of sp³-hybridized carbons (Fsp3) is 0.750. The van der Waals surface area contributed by atoms with E-state index in [1.165, 1.54) is 37.7 Å². The predicted molar refractivity (Wildman–Crippen MR) is 123 cm³/mol. The van der Waals surface area contributed by atoms with Crippen molar-refractivity contribution in [2.75, 3.05) is 0 Å². The van der Waals surface area contributed by atoms with Crippen LogP contribution >= 0.6 is 0 Å². The van der Waals surface area contributed by atoms with Crippen molar-refractivity contribution in [3.8, 4) is 0 Å². The predicted octanol–water partition coefficient (Wildman–Crippen LogP) is 7.68. The van der Waals surface area contributed by atoms with Crippen molar-refractivity contribution < 1.29 is 4.79 Å². The summed E-state index contributed by atoms with van der Waals surface area (Å²) in [7, 11) is 0. The zero-order valence-corrected chi connectivity index (χ0v) is 19.7. The van der Waals surface area contributed by atoms with Crippen LogP contribution < -0.4 is 0 Å². The van der Waals surface area contributed by atoms with E-state index >= 15 is 0 Å². The highest BCUT2D eigenvalue weighted by molar-refractivity contribution is 5.92. The Balaban J connectivity index is 1.60. The quantitative estimate of drug-likeness (QED) is 0.447. The van der Waals surface area contributed by atoms with Crippen LogP contribution in [-0.4, -0.2) is 5.78 Å². The number of hydrogen-bond acceptors (Lipinski definition) is 1. The number of ketones is 1. The molecular weight excluding hydrogens is 352 g/mol. The van der Waals surface area contributed by atoms with Gasteiger partial charge in [0.05, 0.1) is 0 Å². The Hall–Kier alpha value is -1.11. The van der Waals surface area contributed by atoms with Gasteiger partial charge in [-0.3, -0.25) is 4.79 Å². The number of allylic oxidation sites excluding steroid dienone is 6. The molecule has 4 rings (SSSR count). The average molecular weight is 395 g/mol. The van der Waals surface area contributed by atoms with E-state index in [0.29, 0.717) is 23.0 Å². The molecular formula is C28H42O. The molecule has 160 valence electrons. The summed E-state index contributed by atoms with van der Waals surface area (Å²) >= 11 is 0. The minimum absolute atomic E-state index is 0.194. The molecule has 0 aromatic heterocycles. The van der Waals surface area contributed by atoms with Crippen molar-refractivity contribution in [2.24, 2.45) is 40.4 Å². The van der Waals surface area contributed by atoms with Crippen molar-refractivity contribution >= 4 is 5.78 Å². The third-order valence-electron chi connectivity index (χ3n) is 9.78. The van der Waals surface area contributed by atoms with Gasteiger partial charge in [-0.25, -0.2) is 0 Å². The second-order valence-corrected chi connectivity index (χ2v) is 11.6. The summed E-state index contributed by atoms with van der Waals surface area (Å²) in [5.74, 6) is 4.02. The second-order valence-electron chi connectivity index (χ2n) is 11.6.